The molecule has 0 saturated carbocycles. The second kappa shape index (κ2) is 4.09. The van der Waals surface area contributed by atoms with Gasteiger partial charge in [0.05, 0.1) is 6.10 Å². The molecule has 0 bridgehead atoms. The number of aliphatic hydroxyl groups is 1. The molecule has 1 atom stereocenters. The van der Waals surface area contributed by atoms with Gasteiger partial charge in [-0.3, -0.25) is 0 Å². The van der Waals surface area contributed by atoms with Crippen molar-refractivity contribution in [2.24, 2.45) is 0 Å². The van der Waals surface area contributed by atoms with Crippen molar-refractivity contribution >= 4 is 17.1 Å². The van der Waals surface area contributed by atoms with Crippen LogP contribution in [-0.4, -0.2) is 29.8 Å². The number of likely N-dealkylation sites (N-methyl/N-ethyl adjacent to an activating group) is 1. The molecule has 0 aliphatic heterocycles. The molecule has 4 nitrogen and oxygen atoms in total. The number of halogens is 1. The molecule has 86 valence electrons. The molecule has 0 spiro atoms. The molecule has 5 heteroatoms. The predicted octanol–water partition coefficient (Wildman–Crippen LogP) is 1.78. The summed E-state index contributed by atoms with van der Waals surface area (Å²) in [7, 11) is 1.76. The number of aromatic nitrogens is 1. The fraction of sp³-hybridized carbons (Fsp3) is 0.364. The Morgan fingerprint density at radius 1 is 1.56 bits per heavy atom. The second-order valence-corrected chi connectivity index (χ2v) is 3.84. The van der Waals surface area contributed by atoms with Crippen LogP contribution in [0.4, 0.5) is 10.4 Å². The molecule has 0 aliphatic rings. The first-order valence-corrected chi connectivity index (χ1v) is 5.01. The molecule has 0 saturated heterocycles. The van der Waals surface area contributed by atoms with Crippen molar-refractivity contribution in [2.75, 3.05) is 18.5 Å². The van der Waals surface area contributed by atoms with Crippen molar-refractivity contribution in [2.45, 2.75) is 13.0 Å². The van der Waals surface area contributed by atoms with E-state index in [1.54, 1.807) is 18.9 Å². The maximum atomic E-state index is 12.9. The first-order valence-electron chi connectivity index (χ1n) is 5.01. The zero-order valence-corrected chi connectivity index (χ0v) is 9.14. The van der Waals surface area contributed by atoms with Crippen LogP contribution in [0, 0.1) is 5.82 Å². The monoisotopic (exact) mass is 224 g/mol. The molecule has 0 radical (unpaired) electrons. The van der Waals surface area contributed by atoms with E-state index >= 15 is 0 Å². The van der Waals surface area contributed by atoms with Crippen LogP contribution in [0.2, 0.25) is 0 Å². The lowest BCUT2D eigenvalue weighted by Crippen LogP contribution is -2.26. The highest BCUT2D eigenvalue weighted by Crippen LogP contribution is 2.21. The quantitative estimate of drug-likeness (QED) is 0.863. The summed E-state index contributed by atoms with van der Waals surface area (Å²) < 4.78 is 18.3. The average molecular weight is 224 g/mol. The first kappa shape index (κ1) is 10.9. The van der Waals surface area contributed by atoms with E-state index in [1.165, 1.54) is 18.2 Å². The summed E-state index contributed by atoms with van der Waals surface area (Å²) >= 11 is 0. The summed E-state index contributed by atoms with van der Waals surface area (Å²) in [5.41, 5.74) is 1.02. The molecule has 0 amide bonds. The normalized spacial score (nSPS) is 13.0. The zero-order chi connectivity index (χ0) is 11.7. The molecule has 0 aliphatic carbocycles. The smallest absolute Gasteiger partial charge is 0.298 e. The van der Waals surface area contributed by atoms with E-state index in [0.29, 0.717) is 23.7 Å². The molecule has 1 N–H and O–H groups in total. The molecule has 2 rings (SSSR count). The largest absolute Gasteiger partial charge is 0.423 e. The fourth-order valence-corrected chi connectivity index (χ4v) is 1.53. The molecule has 1 unspecified atom stereocenters. The number of nitrogens with zero attached hydrogens (tertiary/aromatic N) is 2. The third kappa shape index (κ3) is 2.14. The summed E-state index contributed by atoms with van der Waals surface area (Å²) in [6.07, 6.45) is -0.475. The summed E-state index contributed by atoms with van der Waals surface area (Å²) in [6.45, 7) is 2.09. The van der Waals surface area contributed by atoms with Crippen LogP contribution in [0.5, 0.6) is 0 Å². The number of fused-ring (bicyclic) bond motifs is 1. The molecule has 0 fully saturated rings. The van der Waals surface area contributed by atoms with E-state index in [4.69, 9.17) is 4.42 Å². The van der Waals surface area contributed by atoms with E-state index in [2.05, 4.69) is 4.98 Å². The third-order valence-electron chi connectivity index (χ3n) is 2.20. The predicted molar refractivity (Wildman–Crippen MR) is 58.9 cm³/mol. The van der Waals surface area contributed by atoms with Crippen molar-refractivity contribution in [3.8, 4) is 0 Å². The van der Waals surface area contributed by atoms with E-state index in [9.17, 15) is 9.50 Å². The second-order valence-electron chi connectivity index (χ2n) is 3.84. The number of oxazole rings is 1. The lowest BCUT2D eigenvalue weighted by atomic mass is 10.3. The summed E-state index contributed by atoms with van der Waals surface area (Å²) in [6, 6.07) is 4.56. The van der Waals surface area contributed by atoms with Gasteiger partial charge in [-0.25, -0.2) is 4.39 Å². The number of anilines is 1. The maximum Gasteiger partial charge on any atom is 0.298 e. The Morgan fingerprint density at radius 2 is 2.31 bits per heavy atom. The van der Waals surface area contributed by atoms with Crippen LogP contribution in [0.15, 0.2) is 22.6 Å². The lowest BCUT2D eigenvalue weighted by Gasteiger charge is -2.15. The summed E-state index contributed by atoms with van der Waals surface area (Å²) in [5, 5.41) is 9.23. The van der Waals surface area contributed by atoms with Crippen molar-refractivity contribution in [1.82, 2.24) is 4.98 Å². The number of benzene rings is 1. The molecule has 1 aromatic carbocycles. The van der Waals surface area contributed by atoms with E-state index in [1.807, 2.05) is 0 Å². The maximum absolute atomic E-state index is 12.9. The van der Waals surface area contributed by atoms with E-state index in [0.717, 1.165) is 0 Å². The van der Waals surface area contributed by atoms with Gasteiger partial charge in [0.1, 0.15) is 11.3 Å². The SMILES string of the molecule is CC(O)CN(C)c1nc2cc(F)ccc2o1. The number of rotatable bonds is 3. The van der Waals surface area contributed by atoms with Gasteiger partial charge in [-0.2, -0.15) is 4.98 Å². The fourth-order valence-electron chi connectivity index (χ4n) is 1.53. The Kier molecular flexibility index (Phi) is 2.78. The minimum atomic E-state index is -0.475. The van der Waals surface area contributed by atoms with E-state index < -0.39 is 6.10 Å². The van der Waals surface area contributed by atoms with Crippen LogP contribution in [0.1, 0.15) is 6.92 Å². The van der Waals surface area contributed by atoms with Gasteiger partial charge in [0.25, 0.3) is 6.01 Å². The van der Waals surface area contributed by atoms with Crippen molar-refractivity contribution in [1.29, 1.82) is 0 Å². The van der Waals surface area contributed by atoms with Gasteiger partial charge < -0.3 is 14.4 Å². The van der Waals surface area contributed by atoms with Crippen LogP contribution >= 0.6 is 0 Å². The van der Waals surface area contributed by atoms with Crippen molar-refractivity contribution in [3.05, 3.63) is 24.0 Å². The Hall–Kier alpha value is -1.62. The third-order valence-corrected chi connectivity index (χ3v) is 2.20. The molecule has 16 heavy (non-hydrogen) atoms. The molecule has 1 heterocycles. The Morgan fingerprint density at radius 3 is 3.00 bits per heavy atom. The molecular formula is C11H13FN2O2. The van der Waals surface area contributed by atoms with Crippen LogP contribution in [-0.2, 0) is 0 Å². The molecular weight excluding hydrogens is 211 g/mol. The highest BCUT2D eigenvalue weighted by molar-refractivity contribution is 5.74. The van der Waals surface area contributed by atoms with Gasteiger partial charge in [-0.15, -0.1) is 0 Å². The Labute approximate surface area is 92.3 Å². The highest BCUT2D eigenvalue weighted by atomic mass is 19.1. The van der Waals surface area contributed by atoms with Crippen LogP contribution in [0.3, 0.4) is 0 Å². The van der Waals surface area contributed by atoms with E-state index in [-0.39, 0.29) is 5.82 Å². The molecule has 1 aromatic heterocycles. The number of hydrogen-bond acceptors (Lipinski definition) is 4. The highest BCUT2D eigenvalue weighted by Gasteiger charge is 2.12. The van der Waals surface area contributed by atoms with Gasteiger partial charge in [0.15, 0.2) is 5.58 Å². The lowest BCUT2D eigenvalue weighted by molar-refractivity contribution is 0.200. The van der Waals surface area contributed by atoms with Gasteiger partial charge in [-0.1, -0.05) is 0 Å². The van der Waals surface area contributed by atoms with Gasteiger partial charge in [-0.05, 0) is 19.1 Å². The van der Waals surface area contributed by atoms with Crippen molar-refractivity contribution < 1.29 is 13.9 Å². The summed E-state index contributed by atoms with van der Waals surface area (Å²) in [5.74, 6) is -0.342. The number of aliphatic hydroxyl groups excluding tert-OH is 1. The van der Waals surface area contributed by atoms with Crippen LogP contribution in [0.25, 0.3) is 11.1 Å². The van der Waals surface area contributed by atoms with Gasteiger partial charge >= 0.3 is 0 Å². The standard InChI is InChI=1S/C11H13FN2O2/c1-7(15)6-14(2)11-13-9-5-8(12)3-4-10(9)16-11/h3-5,7,15H,6H2,1-2H3. The van der Waals surface area contributed by atoms with Crippen LogP contribution < -0.4 is 4.90 Å². The van der Waals surface area contributed by atoms with Crippen molar-refractivity contribution in [3.63, 3.8) is 0 Å². The van der Waals surface area contributed by atoms with Gasteiger partial charge in [0.2, 0.25) is 0 Å². The average Bonchev–Trinajstić information content (AvgIpc) is 2.59. The van der Waals surface area contributed by atoms with Gasteiger partial charge in [0, 0.05) is 19.7 Å². The topological polar surface area (TPSA) is 49.5 Å². The zero-order valence-electron chi connectivity index (χ0n) is 9.14. The minimum absolute atomic E-state index is 0.342. The number of hydrogen-bond donors (Lipinski definition) is 1. The molecule has 2 aromatic rings. The Balaban J connectivity index is 2.32. The summed E-state index contributed by atoms with van der Waals surface area (Å²) in [4.78, 5) is 5.82. The Bertz CT molecular complexity index is 496. The minimum Gasteiger partial charge on any atom is -0.423 e. The first-order chi connectivity index (χ1) is 7.56.